The Bertz CT molecular complexity index is 535. The maximum absolute atomic E-state index is 9.23. The fourth-order valence-corrected chi connectivity index (χ4v) is 2.74. The molecule has 1 saturated heterocycles. The summed E-state index contributed by atoms with van der Waals surface area (Å²) in [5, 5.41) is 13.2. The van der Waals surface area contributed by atoms with Crippen molar-refractivity contribution in [1.82, 2.24) is 10.1 Å². The first-order valence-corrected chi connectivity index (χ1v) is 7.26. The Kier molecular flexibility index (Phi) is 3.70. The van der Waals surface area contributed by atoms with Crippen molar-refractivity contribution in [3.05, 3.63) is 41.5 Å². The van der Waals surface area contributed by atoms with Gasteiger partial charge in [-0.2, -0.15) is 16.7 Å². The Labute approximate surface area is 115 Å². The largest absolute Gasteiger partial charge is 0.508 e. The molecule has 100 valence electrons. The lowest BCUT2D eigenvalue weighted by molar-refractivity contribution is 0.0677. The first-order chi connectivity index (χ1) is 9.31. The van der Waals surface area contributed by atoms with E-state index >= 15 is 0 Å². The Balaban J connectivity index is 1.68. The molecule has 3 rings (SSSR count). The summed E-state index contributed by atoms with van der Waals surface area (Å²) < 4.78 is 10.8. The van der Waals surface area contributed by atoms with Crippen LogP contribution in [0.4, 0.5) is 0 Å². The number of phenols is 1. The molecule has 1 aromatic carbocycles. The number of rotatable bonds is 3. The molecule has 6 heteroatoms. The maximum Gasteiger partial charge on any atom is 0.231 e. The summed E-state index contributed by atoms with van der Waals surface area (Å²) >= 11 is 1.84. The van der Waals surface area contributed by atoms with E-state index in [0.29, 0.717) is 18.1 Å². The van der Waals surface area contributed by atoms with Crippen LogP contribution in [-0.2, 0) is 11.2 Å². The molecular weight excluding hydrogens is 264 g/mol. The highest BCUT2D eigenvalue weighted by molar-refractivity contribution is 7.99. The third kappa shape index (κ3) is 3.08. The van der Waals surface area contributed by atoms with E-state index in [9.17, 15) is 5.11 Å². The molecule has 1 aromatic heterocycles. The van der Waals surface area contributed by atoms with Crippen molar-refractivity contribution in [2.24, 2.45) is 0 Å². The van der Waals surface area contributed by atoms with Crippen molar-refractivity contribution in [3.8, 4) is 5.75 Å². The van der Waals surface area contributed by atoms with Crippen molar-refractivity contribution >= 4 is 11.8 Å². The van der Waals surface area contributed by atoms with Crippen LogP contribution in [0.3, 0.4) is 0 Å². The molecule has 5 nitrogen and oxygen atoms in total. The topological polar surface area (TPSA) is 68.4 Å². The summed E-state index contributed by atoms with van der Waals surface area (Å²) in [4.78, 5) is 4.37. The van der Waals surface area contributed by atoms with E-state index < -0.39 is 0 Å². The first-order valence-electron chi connectivity index (χ1n) is 6.11. The molecule has 2 aromatic rings. The van der Waals surface area contributed by atoms with E-state index in [2.05, 4.69) is 10.1 Å². The lowest BCUT2D eigenvalue weighted by Crippen LogP contribution is -2.16. The predicted molar refractivity (Wildman–Crippen MR) is 71.2 cm³/mol. The van der Waals surface area contributed by atoms with Crippen LogP contribution >= 0.6 is 11.8 Å². The number of hydrogen-bond donors (Lipinski definition) is 1. The molecule has 0 amide bonds. The van der Waals surface area contributed by atoms with Gasteiger partial charge in [0, 0.05) is 11.5 Å². The fourth-order valence-electron chi connectivity index (χ4n) is 1.90. The zero-order valence-corrected chi connectivity index (χ0v) is 11.1. The van der Waals surface area contributed by atoms with Crippen LogP contribution in [-0.4, -0.2) is 33.4 Å². The van der Waals surface area contributed by atoms with Crippen molar-refractivity contribution in [2.75, 3.05) is 18.1 Å². The highest BCUT2D eigenvalue weighted by atomic mass is 32.2. The first kappa shape index (κ1) is 12.5. The van der Waals surface area contributed by atoms with E-state index in [0.717, 1.165) is 23.7 Å². The summed E-state index contributed by atoms with van der Waals surface area (Å²) in [6, 6.07) is 6.97. The second kappa shape index (κ2) is 5.63. The maximum atomic E-state index is 9.23. The number of aromatic hydroxyl groups is 1. The normalized spacial score (nSPS) is 19.5. The van der Waals surface area contributed by atoms with Crippen molar-refractivity contribution in [2.45, 2.75) is 12.5 Å². The predicted octanol–water partition coefficient (Wildman–Crippen LogP) is 2.17. The van der Waals surface area contributed by atoms with Crippen LogP contribution < -0.4 is 0 Å². The Morgan fingerprint density at radius 3 is 2.89 bits per heavy atom. The fraction of sp³-hybridized carbons (Fsp3) is 0.385. The van der Waals surface area contributed by atoms with Gasteiger partial charge in [0.1, 0.15) is 11.9 Å². The van der Waals surface area contributed by atoms with Gasteiger partial charge in [-0.3, -0.25) is 0 Å². The molecule has 1 fully saturated rings. The molecule has 1 aliphatic rings. The third-order valence-corrected chi connectivity index (χ3v) is 3.87. The second-order valence-corrected chi connectivity index (χ2v) is 5.47. The van der Waals surface area contributed by atoms with Gasteiger partial charge in [-0.05, 0) is 17.7 Å². The number of hydrogen-bond acceptors (Lipinski definition) is 6. The van der Waals surface area contributed by atoms with E-state index in [4.69, 9.17) is 9.26 Å². The number of thioether (sulfide) groups is 1. The number of nitrogens with zero attached hydrogens (tertiary/aromatic N) is 2. The van der Waals surface area contributed by atoms with Crippen LogP contribution in [0, 0.1) is 0 Å². The van der Waals surface area contributed by atoms with Crippen LogP contribution in [0.15, 0.2) is 28.8 Å². The SMILES string of the molecule is Oc1ccc(Cc2nc(C3CSCCO3)no2)cc1. The molecule has 19 heavy (non-hydrogen) atoms. The van der Waals surface area contributed by atoms with E-state index in [-0.39, 0.29) is 11.9 Å². The van der Waals surface area contributed by atoms with E-state index in [1.807, 2.05) is 23.9 Å². The minimum atomic E-state index is -0.0592. The molecule has 1 aliphatic heterocycles. The van der Waals surface area contributed by atoms with Gasteiger partial charge in [-0.15, -0.1) is 0 Å². The summed E-state index contributed by atoms with van der Waals surface area (Å²) in [5.41, 5.74) is 1.02. The minimum absolute atomic E-state index is 0.0592. The minimum Gasteiger partial charge on any atom is -0.508 e. The van der Waals surface area contributed by atoms with Crippen molar-refractivity contribution in [3.63, 3.8) is 0 Å². The highest BCUT2D eigenvalue weighted by Gasteiger charge is 2.22. The molecule has 1 unspecified atom stereocenters. The molecule has 0 radical (unpaired) electrons. The average molecular weight is 278 g/mol. The standard InChI is InChI=1S/C13H14N2O3S/c16-10-3-1-9(2-4-10)7-12-14-13(15-18-12)11-8-19-6-5-17-11/h1-4,11,16H,5-8H2. The van der Waals surface area contributed by atoms with Gasteiger partial charge < -0.3 is 14.4 Å². The zero-order chi connectivity index (χ0) is 13.1. The monoisotopic (exact) mass is 278 g/mol. The van der Waals surface area contributed by atoms with Crippen LogP contribution in [0.1, 0.15) is 23.4 Å². The molecule has 0 bridgehead atoms. The third-order valence-electron chi connectivity index (χ3n) is 2.88. The summed E-state index contributed by atoms with van der Waals surface area (Å²) in [5.74, 6) is 3.34. The molecule has 0 saturated carbocycles. The Morgan fingerprint density at radius 2 is 2.16 bits per heavy atom. The number of phenolic OH excluding ortho intramolecular Hbond substituents is 1. The van der Waals surface area contributed by atoms with Gasteiger partial charge in [0.2, 0.25) is 11.7 Å². The number of aromatic nitrogens is 2. The van der Waals surface area contributed by atoms with Gasteiger partial charge in [0.05, 0.1) is 13.0 Å². The Morgan fingerprint density at radius 1 is 1.32 bits per heavy atom. The highest BCUT2D eigenvalue weighted by Crippen LogP contribution is 2.24. The van der Waals surface area contributed by atoms with Gasteiger partial charge >= 0.3 is 0 Å². The van der Waals surface area contributed by atoms with Gasteiger partial charge in [-0.1, -0.05) is 17.3 Å². The smallest absolute Gasteiger partial charge is 0.231 e. The number of benzene rings is 1. The van der Waals surface area contributed by atoms with Gasteiger partial charge in [0.25, 0.3) is 0 Å². The Hall–Kier alpha value is -1.53. The van der Waals surface area contributed by atoms with Crippen LogP contribution in [0.2, 0.25) is 0 Å². The quantitative estimate of drug-likeness (QED) is 0.928. The van der Waals surface area contributed by atoms with Crippen LogP contribution in [0.25, 0.3) is 0 Å². The molecule has 0 aliphatic carbocycles. The van der Waals surface area contributed by atoms with Crippen molar-refractivity contribution < 1.29 is 14.4 Å². The van der Waals surface area contributed by atoms with E-state index in [1.54, 1.807) is 12.1 Å². The van der Waals surface area contributed by atoms with Crippen LogP contribution in [0.5, 0.6) is 5.75 Å². The lowest BCUT2D eigenvalue weighted by Gasteiger charge is -2.18. The van der Waals surface area contributed by atoms with Crippen molar-refractivity contribution in [1.29, 1.82) is 0 Å². The van der Waals surface area contributed by atoms with Gasteiger partial charge in [-0.25, -0.2) is 0 Å². The summed E-state index contributed by atoms with van der Waals surface area (Å²) in [6.45, 7) is 0.733. The zero-order valence-electron chi connectivity index (χ0n) is 10.3. The average Bonchev–Trinajstić information content (AvgIpc) is 2.91. The molecule has 0 spiro atoms. The van der Waals surface area contributed by atoms with Gasteiger partial charge in [0.15, 0.2) is 0 Å². The molecule has 1 N–H and O–H groups in total. The molecule has 2 heterocycles. The summed E-state index contributed by atoms with van der Waals surface area (Å²) in [6.07, 6.45) is 0.503. The molecular formula is C13H14N2O3S. The molecule has 1 atom stereocenters. The second-order valence-electron chi connectivity index (χ2n) is 4.32. The number of ether oxygens (including phenoxy) is 1. The summed E-state index contributed by atoms with van der Waals surface area (Å²) in [7, 11) is 0. The lowest BCUT2D eigenvalue weighted by atomic mass is 10.1. The van der Waals surface area contributed by atoms with E-state index in [1.165, 1.54) is 0 Å².